The van der Waals surface area contributed by atoms with E-state index < -0.39 is 0 Å². The Bertz CT molecular complexity index is 507. The lowest BCUT2D eigenvalue weighted by atomic mass is 9.79. The molecule has 1 N–H and O–H groups in total. The van der Waals surface area contributed by atoms with Crippen LogP contribution < -0.4 is 5.32 Å². The van der Waals surface area contributed by atoms with Gasteiger partial charge in [0.1, 0.15) is 0 Å². The third-order valence-corrected chi connectivity index (χ3v) is 5.61. The van der Waals surface area contributed by atoms with Gasteiger partial charge in [0.2, 0.25) is 0 Å². The first-order valence-corrected chi connectivity index (χ1v) is 7.46. The van der Waals surface area contributed by atoms with E-state index in [9.17, 15) is 0 Å². The molecule has 104 valence electrons. The van der Waals surface area contributed by atoms with Crippen molar-refractivity contribution in [1.82, 2.24) is 5.32 Å². The predicted octanol–water partition coefficient (Wildman–Crippen LogP) is 3.65. The van der Waals surface area contributed by atoms with Crippen LogP contribution in [0.15, 0.2) is 18.2 Å². The van der Waals surface area contributed by atoms with Crippen molar-refractivity contribution < 1.29 is 4.74 Å². The minimum absolute atomic E-state index is 0.210. The molecule has 1 aliphatic heterocycles. The van der Waals surface area contributed by atoms with Gasteiger partial charge in [-0.2, -0.15) is 0 Å². The Kier molecular flexibility index (Phi) is 3.33. The van der Waals surface area contributed by atoms with Crippen molar-refractivity contribution in [3.05, 3.63) is 33.8 Å². The molecule has 3 atom stereocenters. The lowest BCUT2D eigenvalue weighted by Gasteiger charge is -2.35. The first kappa shape index (κ1) is 13.7. The van der Waals surface area contributed by atoms with Crippen LogP contribution in [0.4, 0.5) is 0 Å². The first-order chi connectivity index (χ1) is 9.03. The molecule has 1 heterocycles. The van der Waals surface area contributed by atoms with Crippen molar-refractivity contribution in [2.24, 2.45) is 5.41 Å². The van der Waals surface area contributed by atoms with E-state index in [0.29, 0.717) is 16.1 Å². The Morgan fingerprint density at radius 3 is 2.84 bits per heavy atom. The summed E-state index contributed by atoms with van der Waals surface area (Å²) in [6.45, 7) is 4.06. The van der Waals surface area contributed by atoms with Gasteiger partial charge >= 0.3 is 0 Å². The van der Waals surface area contributed by atoms with E-state index in [-0.39, 0.29) is 10.8 Å². The van der Waals surface area contributed by atoms with Crippen LogP contribution in [0.25, 0.3) is 0 Å². The number of nitrogens with one attached hydrogen (secondary N) is 1. The first-order valence-electron chi connectivity index (χ1n) is 6.71. The maximum atomic E-state index is 6.19. The number of hydrogen-bond donors (Lipinski definition) is 1. The standard InChI is InChI=1S/C15H19Cl2NO/c1-10-6-15(7-14(15,8-18-10)9-19-2)11-3-4-12(16)13(17)5-11/h3-5,10,18H,6-9H2,1-2H3/t10-,14+,15+/m1/s1. The zero-order valence-electron chi connectivity index (χ0n) is 11.3. The molecule has 2 fully saturated rings. The maximum absolute atomic E-state index is 6.19. The molecule has 0 amide bonds. The van der Waals surface area contributed by atoms with Crippen molar-refractivity contribution in [3.8, 4) is 0 Å². The smallest absolute Gasteiger partial charge is 0.0595 e. The van der Waals surface area contributed by atoms with Gasteiger partial charge in [0.25, 0.3) is 0 Å². The van der Waals surface area contributed by atoms with Gasteiger partial charge in [-0.25, -0.2) is 0 Å². The summed E-state index contributed by atoms with van der Waals surface area (Å²) in [5.74, 6) is 0. The summed E-state index contributed by atoms with van der Waals surface area (Å²) in [7, 11) is 1.78. The summed E-state index contributed by atoms with van der Waals surface area (Å²) in [6.07, 6.45) is 2.30. The predicted molar refractivity (Wildman–Crippen MR) is 79.1 cm³/mol. The maximum Gasteiger partial charge on any atom is 0.0595 e. The Balaban J connectivity index is 1.98. The Hall–Kier alpha value is -0.280. The molecule has 1 saturated heterocycles. The SMILES string of the molecule is COC[C@]12CN[C@H](C)C[C@@]1(c1ccc(Cl)c(Cl)c1)C2. The van der Waals surface area contributed by atoms with Crippen LogP contribution in [0, 0.1) is 5.41 Å². The number of benzene rings is 1. The number of halogens is 2. The van der Waals surface area contributed by atoms with Gasteiger partial charge in [-0.3, -0.25) is 0 Å². The molecular weight excluding hydrogens is 281 g/mol. The van der Waals surface area contributed by atoms with Gasteiger partial charge in [0.05, 0.1) is 16.7 Å². The number of fused-ring (bicyclic) bond motifs is 1. The van der Waals surface area contributed by atoms with Crippen molar-refractivity contribution in [3.63, 3.8) is 0 Å². The van der Waals surface area contributed by atoms with Crippen molar-refractivity contribution in [2.75, 3.05) is 20.3 Å². The number of piperidine rings is 1. The zero-order chi connectivity index (χ0) is 13.7. The Labute approximate surface area is 124 Å². The van der Waals surface area contributed by atoms with E-state index in [4.69, 9.17) is 27.9 Å². The molecule has 3 rings (SSSR count). The molecule has 1 saturated carbocycles. The molecule has 0 bridgehead atoms. The molecule has 4 heteroatoms. The van der Waals surface area contributed by atoms with Crippen LogP contribution in [0.3, 0.4) is 0 Å². The molecule has 1 aromatic carbocycles. The summed E-state index contributed by atoms with van der Waals surface area (Å²) >= 11 is 12.2. The van der Waals surface area contributed by atoms with Crippen LogP contribution in [0.1, 0.15) is 25.3 Å². The second-order valence-electron chi connectivity index (χ2n) is 6.09. The van der Waals surface area contributed by atoms with E-state index in [1.54, 1.807) is 7.11 Å². The van der Waals surface area contributed by atoms with E-state index in [2.05, 4.69) is 18.3 Å². The van der Waals surface area contributed by atoms with Crippen molar-refractivity contribution in [1.29, 1.82) is 0 Å². The highest BCUT2D eigenvalue weighted by atomic mass is 35.5. The normalized spacial score (nSPS) is 36.9. The van der Waals surface area contributed by atoms with Gasteiger partial charge < -0.3 is 10.1 Å². The van der Waals surface area contributed by atoms with Gasteiger partial charge in [-0.15, -0.1) is 0 Å². The topological polar surface area (TPSA) is 21.3 Å². The van der Waals surface area contributed by atoms with E-state index in [1.165, 1.54) is 12.0 Å². The van der Waals surface area contributed by atoms with Crippen LogP contribution in [-0.2, 0) is 10.2 Å². The minimum atomic E-state index is 0.210. The Morgan fingerprint density at radius 1 is 1.37 bits per heavy atom. The average Bonchev–Trinajstić information content (AvgIpc) is 3.02. The van der Waals surface area contributed by atoms with Gasteiger partial charge in [-0.05, 0) is 37.5 Å². The molecule has 0 radical (unpaired) electrons. The van der Waals surface area contributed by atoms with Gasteiger partial charge in [0.15, 0.2) is 0 Å². The lowest BCUT2D eigenvalue weighted by molar-refractivity contribution is 0.108. The highest BCUT2D eigenvalue weighted by molar-refractivity contribution is 6.42. The third kappa shape index (κ3) is 2.01. The highest BCUT2D eigenvalue weighted by Crippen LogP contribution is 2.68. The fourth-order valence-corrected chi connectivity index (χ4v) is 4.15. The largest absolute Gasteiger partial charge is 0.384 e. The van der Waals surface area contributed by atoms with Gasteiger partial charge in [-0.1, -0.05) is 29.3 Å². The molecule has 2 nitrogen and oxygen atoms in total. The van der Waals surface area contributed by atoms with Crippen LogP contribution >= 0.6 is 23.2 Å². The molecule has 1 aliphatic carbocycles. The second kappa shape index (κ2) is 4.63. The summed E-state index contributed by atoms with van der Waals surface area (Å²) in [6, 6.07) is 6.61. The number of ether oxygens (including phenoxy) is 1. The molecule has 0 aromatic heterocycles. The monoisotopic (exact) mass is 299 g/mol. The van der Waals surface area contributed by atoms with Gasteiger partial charge in [0, 0.05) is 30.5 Å². The number of methoxy groups -OCH3 is 1. The van der Waals surface area contributed by atoms with E-state index in [0.717, 1.165) is 19.6 Å². The Morgan fingerprint density at radius 2 is 2.16 bits per heavy atom. The fraction of sp³-hybridized carbons (Fsp3) is 0.600. The summed E-state index contributed by atoms with van der Waals surface area (Å²) in [4.78, 5) is 0. The minimum Gasteiger partial charge on any atom is -0.384 e. The van der Waals surface area contributed by atoms with Crippen molar-refractivity contribution in [2.45, 2.75) is 31.2 Å². The van der Waals surface area contributed by atoms with E-state index in [1.807, 2.05) is 12.1 Å². The highest BCUT2D eigenvalue weighted by Gasteiger charge is 2.69. The molecular formula is C15H19Cl2NO. The molecule has 0 spiro atoms. The summed E-state index contributed by atoms with van der Waals surface area (Å²) < 4.78 is 5.46. The van der Waals surface area contributed by atoms with Crippen LogP contribution in [0.5, 0.6) is 0 Å². The lowest BCUT2D eigenvalue weighted by Crippen LogP contribution is -2.45. The number of hydrogen-bond acceptors (Lipinski definition) is 2. The fourth-order valence-electron chi connectivity index (χ4n) is 3.85. The number of rotatable bonds is 3. The molecule has 0 unspecified atom stereocenters. The van der Waals surface area contributed by atoms with E-state index >= 15 is 0 Å². The zero-order valence-corrected chi connectivity index (χ0v) is 12.8. The molecule has 1 aromatic rings. The quantitative estimate of drug-likeness (QED) is 0.920. The molecule has 2 aliphatic rings. The molecule has 19 heavy (non-hydrogen) atoms. The van der Waals surface area contributed by atoms with Crippen LogP contribution in [-0.4, -0.2) is 26.3 Å². The summed E-state index contributed by atoms with van der Waals surface area (Å²) in [5, 5.41) is 4.86. The van der Waals surface area contributed by atoms with Crippen LogP contribution in [0.2, 0.25) is 10.0 Å². The second-order valence-corrected chi connectivity index (χ2v) is 6.90. The summed E-state index contributed by atoms with van der Waals surface area (Å²) in [5.41, 5.74) is 1.75. The van der Waals surface area contributed by atoms with Crippen molar-refractivity contribution >= 4 is 23.2 Å². The average molecular weight is 300 g/mol. The third-order valence-electron chi connectivity index (χ3n) is 4.87.